The van der Waals surface area contributed by atoms with Gasteiger partial charge in [0, 0.05) is 15.7 Å². The van der Waals surface area contributed by atoms with Gasteiger partial charge in [0.2, 0.25) is 11.1 Å². The Labute approximate surface area is 177 Å². The van der Waals surface area contributed by atoms with E-state index in [0.29, 0.717) is 16.7 Å². The number of nitrogens with two attached hydrogens (primary N) is 1. The fraction of sp³-hybridized carbons (Fsp3) is 0.167. The van der Waals surface area contributed by atoms with Gasteiger partial charge in [-0.15, -0.1) is 10.2 Å². The maximum Gasteiger partial charge on any atom is 0.387 e. The van der Waals surface area contributed by atoms with Crippen LogP contribution in [0.15, 0.2) is 58.2 Å². The number of rotatable bonds is 7. The summed E-state index contributed by atoms with van der Waals surface area (Å²) in [5.41, 5.74) is 1.23. The van der Waals surface area contributed by atoms with E-state index in [0.717, 1.165) is 21.8 Å². The minimum atomic E-state index is -2.90. The van der Waals surface area contributed by atoms with Crippen molar-refractivity contribution in [3.8, 4) is 17.1 Å². The van der Waals surface area contributed by atoms with Gasteiger partial charge in [0.15, 0.2) is 5.82 Å². The highest BCUT2D eigenvalue weighted by atomic mass is 79.9. The predicted molar refractivity (Wildman–Crippen MR) is 110 cm³/mol. The summed E-state index contributed by atoms with van der Waals surface area (Å²) in [6.07, 6.45) is 0. The number of carbonyl (C=O) groups excluding carboxylic acids is 1. The molecule has 2 aromatic carbocycles. The van der Waals surface area contributed by atoms with Gasteiger partial charge in [-0.3, -0.25) is 4.79 Å². The van der Waals surface area contributed by atoms with Crippen LogP contribution in [0.25, 0.3) is 11.4 Å². The number of nitrogens with one attached hydrogen (secondary N) is 1. The van der Waals surface area contributed by atoms with Gasteiger partial charge in [-0.05, 0) is 43.3 Å². The highest BCUT2D eigenvalue weighted by Crippen LogP contribution is 2.29. The van der Waals surface area contributed by atoms with E-state index in [1.165, 1.54) is 28.9 Å². The van der Waals surface area contributed by atoms with Crippen LogP contribution in [0, 0.1) is 0 Å². The van der Waals surface area contributed by atoms with Gasteiger partial charge in [0.05, 0.1) is 5.25 Å². The molecule has 3 N–H and O–H groups in total. The third-order valence-electron chi connectivity index (χ3n) is 3.78. The summed E-state index contributed by atoms with van der Waals surface area (Å²) in [5, 5.41) is 10.7. The largest absolute Gasteiger partial charge is 0.435 e. The first-order valence-corrected chi connectivity index (χ1v) is 10.00. The van der Waals surface area contributed by atoms with Gasteiger partial charge < -0.3 is 15.9 Å². The van der Waals surface area contributed by atoms with Crippen LogP contribution in [-0.4, -0.2) is 32.6 Å². The second-order valence-electron chi connectivity index (χ2n) is 5.81. The summed E-state index contributed by atoms with van der Waals surface area (Å²) in [6, 6.07) is 13.1. The lowest BCUT2D eigenvalue weighted by atomic mass is 10.2. The van der Waals surface area contributed by atoms with Crippen molar-refractivity contribution in [1.82, 2.24) is 14.9 Å². The predicted octanol–water partition coefficient (Wildman–Crippen LogP) is 4.14. The average Bonchev–Trinajstić information content (AvgIpc) is 3.03. The van der Waals surface area contributed by atoms with E-state index in [1.807, 2.05) is 24.3 Å². The van der Waals surface area contributed by atoms with E-state index in [2.05, 4.69) is 36.2 Å². The molecule has 1 atom stereocenters. The van der Waals surface area contributed by atoms with Gasteiger partial charge >= 0.3 is 6.61 Å². The van der Waals surface area contributed by atoms with Crippen molar-refractivity contribution >= 4 is 39.3 Å². The smallest absolute Gasteiger partial charge is 0.387 e. The molecular weight excluding hydrogens is 468 g/mol. The van der Waals surface area contributed by atoms with Gasteiger partial charge in [0.1, 0.15) is 5.75 Å². The lowest BCUT2D eigenvalue weighted by Gasteiger charge is -2.12. The van der Waals surface area contributed by atoms with E-state index in [1.54, 1.807) is 6.92 Å². The molecule has 0 bridgehead atoms. The van der Waals surface area contributed by atoms with Crippen LogP contribution in [0.1, 0.15) is 6.92 Å². The Morgan fingerprint density at radius 2 is 1.90 bits per heavy atom. The van der Waals surface area contributed by atoms with Gasteiger partial charge in [-0.25, -0.2) is 4.68 Å². The number of nitrogens with zero attached hydrogens (tertiary/aromatic N) is 3. The molecule has 1 unspecified atom stereocenters. The molecule has 0 spiro atoms. The lowest BCUT2D eigenvalue weighted by molar-refractivity contribution is -0.115. The van der Waals surface area contributed by atoms with E-state index < -0.39 is 11.9 Å². The molecule has 0 aliphatic rings. The third-order valence-corrected chi connectivity index (χ3v) is 5.53. The number of benzene rings is 2. The van der Waals surface area contributed by atoms with Crippen LogP contribution in [0.3, 0.4) is 0 Å². The van der Waals surface area contributed by atoms with Gasteiger partial charge in [0.25, 0.3) is 0 Å². The van der Waals surface area contributed by atoms with Gasteiger partial charge in [-0.2, -0.15) is 8.78 Å². The summed E-state index contributed by atoms with van der Waals surface area (Å²) in [4.78, 5) is 12.4. The highest BCUT2D eigenvalue weighted by Gasteiger charge is 2.21. The fourth-order valence-electron chi connectivity index (χ4n) is 2.36. The molecule has 0 saturated carbocycles. The van der Waals surface area contributed by atoms with Crippen LogP contribution in [0.2, 0.25) is 0 Å². The minimum absolute atomic E-state index is 0.0104. The second-order valence-corrected chi connectivity index (χ2v) is 7.97. The number of halogens is 3. The van der Waals surface area contributed by atoms with Crippen molar-refractivity contribution in [2.75, 3.05) is 11.2 Å². The van der Waals surface area contributed by atoms with Crippen molar-refractivity contribution in [3.05, 3.63) is 53.0 Å². The molecule has 11 heteroatoms. The van der Waals surface area contributed by atoms with Crippen LogP contribution in [-0.2, 0) is 4.79 Å². The maximum absolute atomic E-state index is 12.4. The Morgan fingerprint density at radius 1 is 1.21 bits per heavy atom. The summed E-state index contributed by atoms with van der Waals surface area (Å²) in [5.74, 6) is 6.27. The molecule has 0 radical (unpaired) electrons. The number of ether oxygens (including phenoxy) is 1. The second kappa shape index (κ2) is 9.23. The first kappa shape index (κ1) is 21.1. The molecule has 0 saturated heterocycles. The average molecular weight is 484 g/mol. The summed E-state index contributed by atoms with van der Waals surface area (Å²) < 4.78 is 30.8. The van der Waals surface area contributed by atoms with E-state index >= 15 is 0 Å². The molecule has 152 valence electrons. The number of hydrogen-bond donors (Lipinski definition) is 2. The van der Waals surface area contributed by atoms with Crippen molar-refractivity contribution in [2.45, 2.75) is 23.9 Å². The summed E-state index contributed by atoms with van der Waals surface area (Å²) in [6.45, 7) is -1.21. The molecule has 0 aliphatic heterocycles. The molecule has 0 aliphatic carbocycles. The Morgan fingerprint density at radius 3 is 2.55 bits per heavy atom. The topological polar surface area (TPSA) is 95.1 Å². The normalized spacial score (nSPS) is 12.0. The van der Waals surface area contributed by atoms with Gasteiger partial charge in [-0.1, -0.05) is 39.8 Å². The quantitative estimate of drug-likeness (QED) is 0.387. The monoisotopic (exact) mass is 483 g/mol. The number of carbonyl (C=O) groups is 1. The number of nitrogen functional groups attached to an aromatic ring is 1. The van der Waals surface area contributed by atoms with E-state index in [4.69, 9.17) is 5.84 Å². The number of amides is 1. The van der Waals surface area contributed by atoms with Crippen LogP contribution >= 0.6 is 27.7 Å². The summed E-state index contributed by atoms with van der Waals surface area (Å²) in [7, 11) is 0. The first-order chi connectivity index (χ1) is 13.8. The Bertz CT molecular complexity index is 1000. The number of hydrogen-bond acceptors (Lipinski definition) is 6. The van der Waals surface area contributed by atoms with E-state index in [-0.39, 0.29) is 11.7 Å². The SMILES string of the molecule is CC(Sc1nnc(-c2ccccc2Br)n1N)C(=O)Nc1ccc(OC(F)F)cc1. The zero-order chi connectivity index (χ0) is 21.0. The lowest BCUT2D eigenvalue weighted by Crippen LogP contribution is -2.23. The molecule has 1 amide bonds. The molecular formula is C18H16BrF2N5O2S. The number of thioether (sulfide) groups is 1. The minimum Gasteiger partial charge on any atom is -0.435 e. The number of alkyl halides is 2. The molecule has 29 heavy (non-hydrogen) atoms. The molecule has 1 aromatic heterocycles. The molecule has 3 aromatic rings. The Kier molecular flexibility index (Phi) is 6.70. The molecule has 7 nitrogen and oxygen atoms in total. The maximum atomic E-state index is 12.4. The fourth-order valence-corrected chi connectivity index (χ4v) is 3.59. The number of aromatic nitrogens is 3. The van der Waals surface area contributed by atoms with Crippen molar-refractivity contribution in [3.63, 3.8) is 0 Å². The molecule has 1 heterocycles. The van der Waals surface area contributed by atoms with Crippen LogP contribution in [0.4, 0.5) is 14.5 Å². The zero-order valence-corrected chi connectivity index (χ0v) is 17.5. The highest BCUT2D eigenvalue weighted by molar-refractivity contribution is 9.10. The number of anilines is 1. The molecule has 0 fully saturated rings. The van der Waals surface area contributed by atoms with E-state index in [9.17, 15) is 13.6 Å². The first-order valence-electron chi connectivity index (χ1n) is 8.33. The van der Waals surface area contributed by atoms with Crippen molar-refractivity contribution < 1.29 is 18.3 Å². The molecule has 3 rings (SSSR count). The Hall–Kier alpha value is -2.66. The van der Waals surface area contributed by atoms with Crippen molar-refractivity contribution in [2.24, 2.45) is 0 Å². The summed E-state index contributed by atoms with van der Waals surface area (Å²) >= 11 is 4.59. The zero-order valence-electron chi connectivity index (χ0n) is 15.1. The van der Waals surface area contributed by atoms with Crippen LogP contribution < -0.4 is 15.9 Å². The Balaban J connectivity index is 1.65. The standard InChI is InChI=1S/C18H16BrF2N5O2S/c1-10(16(27)23-11-6-8-12(9-7-11)28-17(20)21)29-18-25-24-15(26(18)22)13-4-2-3-5-14(13)19/h2-10,17H,22H2,1H3,(H,23,27). The third kappa shape index (κ3) is 5.24. The van der Waals surface area contributed by atoms with Crippen LogP contribution in [0.5, 0.6) is 5.75 Å². The van der Waals surface area contributed by atoms with Crippen molar-refractivity contribution in [1.29, 1.82) is 0 Å².